The van der Waals surface area contributed by atoms with Crippen molar-refractivity contribution in [2.45, 2.75) is 38.5 Å². The van der Waals surface area contributed by atoms with Gasteiger partial charge in [0.15, 0.2) is 0 Å². The van der Waals surface area contributed by atoms with Crippen molar-refractivity contribution >= 4 is 15.7 Å². The molecule has 0 aromatic heterocycles. The van der Waals surface area contributed by atoms with Gasteiger partial charge in [-0.25, -0.2) is 8.42 Å². The highest BCUT2D eigenvalue weighted by Gasteiger charge is 2.07. The molecule has 2 aromatic rings. The standard InChI is InChI=1S/C23H35N3O3S/c1-30(28,29)26-22-19-21(11-12-23(22)27)14-18-25-16-8-3-2-7-15-24-17-13-20-9-5-4-6-10-20/h4-6,9-12,19,24-27H,2-3,7-8,13-18H2,1H3. The zero-order chi connectivity index (χ0) is 21.7. The molecular formula is C23H35N3O3S. The molecule has 0 saturated carbocycles. The number of benzene rings is 2. The van der Waals surface area contributed by atoms with Crippen LogP contribution in [-0.2, 0) is 22.9 Å². The van der Waals surface area contributed by atoms with Gasteiger partial charge in [0.1, 0.15) is 5.75 Å². The SMILES string of the molecule is CS(=O)(=O)Nc1cc(CCNCCCCCCNCCc2ccccc2)ccc1O. The van der Waals surface area contributed by atoms with Crippen LogP contribution in [0.2, 0.25) is 0 Å². The van der Waals surface area contributed by atoms with Gasteiger partial charge in [-0.2, -0.15) is 0 Å². The molecule has 0 aliphatic rings. The van der Waals surface area contributed by atoms with Crippen molar-refractivity contribution < 1.29 is 13.5 Å². The van der Waals surface area contributed by atoms with E-state index >= 15 is 0 Å². The number of rotatable bonds is 15. The molecule has 0 spiro atoms. The Morgan fingerprint density at radius 1 is 0.767 bits per heavy atom. The van der Waals surface area contributed by atoms with Crippen LogP contribution in [0.1, 0.15) is 36.8 Å². The lowest BCUT2D eigenvalue weighted by Gasteiger charge is -2.10. The molecular weight excluding hydrogens is 398 g/mol. The summed E-state index contributed by atoms with van der Waals surface area (Å²) in [5.74, 6) is -0.0633. The van der Waals surface area contributed by atoms with E-state index in [0.717, 1.165) is 57.3 Å². The first-order valence-corrected chi connectivity index (χ1v) is 12.6. The van der Waals surface area contributed by atoms with Crippen LogP contribution in [0, 0.1) is 0 Å². The van der Waals surface area contributed by atoms with Crippen LogP contribution in [-0.4, -0.2) is 46.0 Å². The average Bonchev–Trinajstić information content (AvgIpc) is 2.71. The Kier molecular flexibility index (Phi) is 10.7. The fourth-order valence-corrected chi connectivity index (χ4v) is 3.80. The number of unbranched alkanes of at least 4 members (excludes halogenated alkanes) is 3. The maximum atomic E-state index is 11.3. The van der Waals surface area contributed by atoms with Gasteiger partial charge < -0.3 is 15.7 Å². The molecule has 0 aliphatic carbocycles. The van der Waals surface area contributed by atoms with Crippen molar-refractivity contribution in [1.82, 2.24) is 10.6 Å². The number of anilines is 1. The summed E-state index contributed by atoms with van der Waals surface area (Å²) in [6, 6.07) is 15.6. The molecule has 30 heavy (non-hydrogen) atoms. The lowest BCUT2D eigenvalue weighted by molar-refractivity contribution is 0.477. The van der Waals surface area contributed by atoms with E-state index < -0.39 is 10.0 Å². The number of hydrogen-bond donors (Lipinski definition) is 4. The number of hydrogen-bond acceptors (Lipinski definition) is 5. The zero-order valence-corrected chi connectivity index (χ0v) is 18.7. The molecule has 0 aliphatic heterocycles. The van der Waals surface area contributed by atoms with Crippen LogP contribution in [0.15, 0.2) is 48.5 Å². The van der Waals surface area contributed by atoms with E-state index in [0.29, 0.717) is 0 Å². The largest absolute Gasteiger partial charge is 0.506 e. The lowest BCUT2D eigenvalue weighted by Crippen LogP contribution is -2.19. The average molecular weight is 434 g/mol. The lowest BCUT2D eigenvalue weighted by atomic mass is 10.1. The molecule has 0 heterocycles. The summed E-state index contributed by atoms with van der Waals surface area (Å²) >= 11 is 0. The zero-order valence-electron chi connectivity index (χ0n) is 17.9. The van der Waals surface area contributed by atoms with Gasteiger partial charge in [0.25, 0.3) is 0 Å². The molecule has 0 bridgehead atoms. The molecule has 166 valence electrons. The monoisotopic (exact) mass is 433 g/mol. The molecule has 0 fully saturated rings. The molecule has 2 rings (SSSR count). The van der Waals surface area contributed by atoms with Crippen molar-refractivity contribution in [2.24, 2.45) is 0 Å². The molecule has 6 nitrogen and oxygen atoms in total. The predicted molar refractivity (Wildman–Crippen MR) is 125 cm³/mol. The van der Waals surface area contributed by atoms with E-state index in [1.807, 2.05) is 6.07 Å². The second-order valence-corrected chi connectivity index (χ2v) is 9.37. The highest BCUT2D eigenvalue weighted by atomic mass is 32.2. The maximum absolute atomic E-state index is 11.3. The first-order valence-electron chi connectivity index (χ1n) is 10.7. The third-order valence-corrected chi connectivity index (χ3v) is 5.43. The number of sulfonamides is 1. The minimum absolute atomic E-state index is 0.0633. The summed E-state index contributed by atoms with van der Waals surface area (Å²) in [5.41, 5.74) is 2.59. The van der Waals surface area contributed by atoms with Crippen LogP contribution in [0.5, 0.6) is 5.75 Å². The number of phenolic OH excluding ortho intramolecular Hbond substituents is 1. The first-order chi connectivity index (χ1) is 14.4. The van der Waals surface area contributed by atoms with Crippen LogP contribution in [0.3, 0.4) is 0 Å². The second-order valence-electron chi connectivity index (χ2n) is 7.63. The van der Waals surface area contributed by atoms with Gasteiger partial charge in [-0.15, -0.1) is 0 Å². The van der Waals surface area contributed by atoms with E-state index in [9.17, 15) is 13.5 Å². The maximum Gasteiger partial charge on any atom is 0.229 e. The van der Waals surface area contributed by atoms with Crippen molar-refractivity contribution in [3.8, 4) is 5.75 Å². The Morgan fingerprint density at radius 3 is 1.97 bits per heavy atom. The van der Waals surface area contributed by atoms with Gasteiger partial charge in [0, 0.05) is 0 Å². The summed E-state index contributed by atoms with van der Waals surface area (Å²) in [6.07, 6.45) is 7.75. The molecule has 7 heteroatoms. The number of aromatic hydroxyl groups is 1. The predicted octanol–water partition coefficient (Wildman–Crippen LogP) is 3.29. The summed E-state index contributed by atoms with van der Waals surface area (Å²) in [7, 11) is -3.41. The first kappa shape index (κ1) is 24.2. The Labute approximate surface area is 181 Å². The Hall–Kier alpha value is -2.09. The number of nitrogens with one attached hydrogen (secondary N) is 3. The highest BCUT2D eigenvalue weighted by molar-refractivity contribution is 7.92. The molecule has 0 unspecified atom stereocenters. The molecule has 2 aromatic carbocycles. The molecule has 4 N–H and O–H groups in total. The topological polar surface area (TPSA) is 90.5 Å². The third-order valence-electron chi connectivity index (χ3n) is 4.84. The van der Waals surface area contributed by atoms with Crippen molar-refractivity contribution in [2.75, 3.05) is 37.2 Å². The van der Waals surface area contributed by atoms with Crippen LogP contribution in [0.4, 0.5) is 5.69 Å². The van der Waals surface area contributed by atoms with E-state index in [2.05, 4.69) is 45.7 Å². The normalized spacial score (nSPS) is 11.5. The molecule has 0 radical (unpaired) electrons. The van der Waals surface area contributed by atoms with E-state index in [4.69, 9.17) is 0 Å². The van der Waals surface area contributed by atoms with Crippen LogP contribution < -0.4 is 15.4 Å². The third kappa shape index (κ3) is 10.6. The fourth-order valence-electron chi connectivity index (χ4n) is 3.23. The Balaban J connectivity index is 1.46. The summed E-state index contributed by atoms with van der Waals surface area (Å²) in [4.78, 5) is 0. The van der Waals surface area contributed by atoms with Crippen LogP contribution in [0.25, 0.3) is 0 Å². The summed E-state index contributed by atoms with van der Waals surface area (Å²) in [6.45, 7) is 3.91. The van der Waals surface area contributed by atoms with Gasteiger partial charge in [-0.1, -0.05) is 49.2 Å². The minimum atomic E-state index is -3.41. The van der Waals surface area contributed by atoms with Gasteiger partial charge >= 0.3 is 0 Å². The van der Waals surface area contributed by atoms with Gasteiger partial charge in [-0.05, 0) is 75.1 Å². The number of phenols is 1. The quantitative estimate of drug-likeness (QED) is 0.256. The van der Waals surface area contributed by atoms with Crippen molar-refractivity contribution in [3.63, 3.8) is 0 Å². The van der Waals surface area contributed by atoms with Gasteiger partial charge in [0.05, 0.1) is 11.9 Å². The van der Waals surface area contributed by atoms with Gasteiger partial charge in [-0.3, -0.25) is 4.72 Å². The molecule has 0 amide bonds. The Morgan fingerprint density at radius 2 is 1.37 bits per heavy atom. The molecule has 0 atom stereocenters. The molecule has 0 saturated heterocycles. The summed E-state index contributed by atoms with van der Waals surface area (Å²) in [5, 5.41) is 16.7. The summed E-state index contributed by atoms with van der Waals surface area (Å²) < 4.78 is 25.0. The van der Waals surface area contributed by atoms with Gasteiger partial charge in [0.2, 0.25) is 10.0 Å². The smallest absolute Gasteiger partial charge is 0.229 e. The van der Waals surface area contributed by atoms with Crippen LogP contribution >= 0.6 is 0 Å². The van der Waals surface area contributed by atoms with E-state index in [1.54, 1.807) is 6.07 Å². The van der Waals surface area contributed by atoms with Crippen molar-refractivity contribution in [1.29, 1.82) is 0 Å². The second kappa shape index (κ2) is 13.3. The van der Waals surface area contributed by atoms with Crippen molar-refractivity contribution in [3.05, 3.63) is 59.7 Å². The fraction of sp³-hybridized carbons (Fsp3) is 0.478. The Bertz CT molecular complexity index is 842. The van der Waals surface area contributed by atoms with E-state index in [1.165, 1.54) is 30.9 Å². The minimum Gasteiger partial charge on any atom is -0.506 e. The highest BCUT2D eigenvalue weighted by Crippen LogP contribution is 2.25. The van der Waals surface area contributed by atoms with E-state index in [-0.39, 0.29) is 11.4 Å².